The number of nitrogens with zero attached hydrogens (tertiary/aromatic N) is 2. The van der Waals surface area contributed by atoms with Gasteiger partial charge in [-0.25, -0.2) is 0 Å². The summed E-state index contributed by atoms with van der Waals surface area (Å²) in [6, 6.07) is 8.65. The van der Waals surface area contributed by atoms with Crippen LogP contribution in [0.3, 0.4) is 0 Å². The van der Waals surface area contributed by atoms with Crippen molar-refractivity contribution < 1.29 is 9.53 Å². The van der Waals surface area contributed by atoms with Gasteiger partial charge in [-0.3, -0.25) is 9.59 Å². The van der Waals surface area contributed by atoms with Gasteiger partial charge in [-0.15, -0.1) is 0 Å². The summed E-state index contributed by atoms with van der Waals surface area (Å²) >= 11 is 0. The fraction of sp³-hybridized carbons (Fsp3) is 0.353. The third kappa shape index (κ3) is 3.59. The van der Waals surface area contributed by atoms with Crippen LogP contribution in [-0.2, 0) is 0 Å². The van der Waals surface area contributed by atoms with Gasteiger partial charge in [-0.2, -0.15) is 9.78 Å². The average Bonchev–Trinajstić information content (AvgIpc) is 2.55. The van der Waals surface area contributed by atoms with Gasteiger partial charge in [-0.05, 0) is 31.9 Å². The Balaban J connectivity index is 2.55. The zero-order valence-electron chi connectivity index (χ0n) is 13.8. The summed E-state index contributed by atoms with van der Waals surface area (Å²) in [7, 11) is 1.41. The number of aromatic nitrogens is 2. The van der Waals surface area contributed by atoms with Crippen LogP contribution in [0.2, 0.25) is 0 Å². The molecule has 0 aliphatic rings. The van der Waals surface area contributed by atoms with E-state index in [-0.39, 0.29) is 29.0 Å². The Hall–Kier alpha value is -2.63. The molecule has 0 radical (unpaired) electrons. The number of para-hydroxylation sites is 1. The average molecular weight is 315 g/mol. The standard InChI is InChI=1S/C17H21N3O3/c1-5-12(3)18-17(22)16-14(23-4)10-15(21)20(19-16)13-9-7-6-8-11(13)2/h6-10,12H,5H2,1-4H3,(H,18,22). The summed E-state index contributed by atoms with van der Waals surface area (Å²) in [6.45, 7) is 5.76. The molecular weight excluding hydrogens is 294 g/mol. The van der Waals surface area contributed by atoms with E-state index in [2.05, 4.69) is 10.4 Å². The first-order valence-corrected chi connectivity index (χ1v) is 7.53. The van der Waals surface area contributed by atoms with E-state index in [0.29, 0.717) is 5.69 Å². The fourth-order valence-corrected chi connectivity index (χ4v) is 2.12. The van der Waals surface area contributed by atoms with Crippen molar-refractivity contribution in [3.8, 4) is 11.4 Å². The molecule has 122 valence electrons. The highest BCUT2D eigenvalue weighted by molar-refractivity contribution is 5.94. The minimum absolute atomic E-state index is 0.00726. The first kappa shape index (κ1) is 16.7. The van der Waals surface area contributed by atoms with Crippen LogP contribution in [-0.4, -0.2) is 28.8 Å². The molecule has 0 aliphatic carbocycles. The molecule has 6 nitrogen and oxygen atoms in total. The highest BCUT2D eigenvalue weighted by Gasteiger charge is 2.19. The molecule has 1 amide bonds. The Bertz CT molecular complexity index is 768. The van der Waals surface area contributed by atoms with E-state index in [1.54, 1.807) is 6.07 Å². The predicted octanol–water partition coefficient (Wildman–Crippen LogP) is 2.08. The quantitative estimate of drug-likeness (QED) is 0.917. The van der Waals surface area contributed by atoms with Crippen LogP contribution in [0.25, 0.3) is 5.69 Å². The third-order valence-electron chi connectivity index (χ3n) is 3.67. The topological polar surface area (TPSA) is 73.2 Å². The van der Waals surface area contributed by atoms with Gasteiger partial charge in [0, 0.05) is 6.04 Å². The lowest BCUT2D eigenvalue weighted by Crippen LogP contribution is -2.35. The summed E-state index contributed by atoms with van der Waals surface area (Å²) < 4.78 is 6.37. The van der Waals surface area contributed by atoms with Crippen molar-refractivity contribution >= 4 is 5.91 Å². The first-order chi connectivity index (χ1) is 11.0. The lowest BCUT2D eigenvalue weighted by molar-refractivity contribution is 0.0928. The van der Waals surface area contributed by atoms with Crippen molar-refractivity contribution in [2.24, 2.45) is 0 Å². The van der Waals surface area contributed by atoms with Crippen molar-refractivity contribution in [3.05, 3.63) is 51.9 Å². The molecular formula is C17H21N3O3. The Morgan fingerprint density at radius 1 is 1.39 bits per heavy atom. The van der Waals surface area contributed by atoms with Gasteiger partial charge in [0.2, 0.25) is 0 Å². The number of nitrogens with one attached hydrogen (secondary N) is 1. The van der Waals surface area contributed by atoms with E-state index in [1.807, 2.05) is 39.0 Å². The van der Waals surface area contributed by atoms with Crippen LogP contribution < -0.4 is 15.6 Å². The monoisotopic (exact) mass is 315 g/mol. The minimum Gasteiger partial charge on any atom is -0.494 e. The van der Waals surface area contributed by atoms with E-state index in [1.165, 1.54) is 17.9 Å². The van der Waals surface area contributed by atoms with Crippen molar-refractivity contribution in [1.29, 1.82) is 0 Å². The van der Waals surface area contributed by atoms with Gasteiger partial charge in [0.25, 0.3) is 11.5 Å². The normalized spacial score (nSPS) is 11.8. The number of hydrogen-bond donors (Lipinski definition) is 1. The smallest absolute Gasteiger partial charge is 0.275 e. The minimum atomic E-state index is -0.362. The van der Waals surface area contributed by atoms with Crippen molar-refractivity contribution in [3.63, 3.8) is 0 Å². The maximum absolute atomic E-state index is 12.4. The van der Waals surface area contributed by atoms with Gasteiger partial charge >= 0.3 is 0 Å². The first-order valence-electron chi connectivity index (χ1n) is 7.53. The van der Waals surface area contributed by atoms with Gasteiger partial charge in [0.15, 0.2) is 11.4 Å². The lowest BCUT2D eigenvalue weighted by atomic mass is 10.2. The summed E-state index contributed by atoms with van der Waals surface area (Å²) in [5.74, 6) is -0.195. The van der Waals surface area contributed by atoms with Crippen LogP contribution >= 0.6 is 0 Å². The highest BCUT2D eigenvalue weighted by atomic mass is 16.5. The molecule has 0 fully saturated rings. The van der Waals surface area contributed by atoms with E-state index >= 15 is 0 Å². The van der Waals surface area contributed by atoms with Crippen molar-refractivity contribution in [1.82, 2.24) is 15.1 Å². The van der Waals surface area contributed by atoms with Crippen LogP contribution in [0.15, 0.2) is 35.1 Å². The second-order valence-corrected chi connectivity index (χ2v) is 5.38. The number of methoxy groups -OCH3 is 1. The van der Waals surface area contributed by atoms with Crippen LogP contribution in [0.1, 0.15) is 36.3 Å². The second-order valence-electron chi connectivity index (χ2n) is 5.38. The molecule has 2 rings (SSSR count). The summed E-state index contributed by atoms with van der Waals surface area (Å²) in [4.78, 5) is 24.7. The van der Waals surface area contributed by atoms with Crippen molar-refractivity contribution in [2.75, 3.05) is 7.11 Å². The molecule has 23 heavy (non-hydrogen) atoms. The molecule has 0 bridgehead atoms. The van der Waals surface area contributed by atoms with Gasteiger partial charge in [-0.1, -0.05) is 25.1 Å². The molecule has 1 unspecified atom stereocenters. The molecule has 1 atom stereocenters. The molecule has 1 heterocycles. The molecule has 0 aliphatic heterocycles. The zero-order chi connectivity index (χ0) is 17.0. The molecule has 2 aromatic rings. The Kier molecular flexibility index (Phi) is 5.16. The Morgan fingerprint density at radius 2 is 2.09 bits per heavy atom. The van der Waals surface area contributed by atoms with Crippen molar-refractivity contribution in [2.45, 2.75) is 33.2 Å². The second kappa shape index (κ2) is 7.09. The lowest BCUT2D eigenvalue weighted by Gasteiger charge is -2.15. The number of aryl methyl sites for hydroxylation is 1. The summed E-state index contributed by atoms with van der Waals surface area (Å²) in [5.41, 5.74) is 1.27. The molecule has 1 aromatic carbocycles. The SMILES string of the molecule is CCC(C)NC(=O)c1nn(-c2ccccc2C)c(=O)cc1OC. The van der Waals surface area contributed by atoms with Crippen LogP contribution in [0.5, 0.6) is 5.75 Å². The Labute approximate surface area is 135 Å². The largest absolute Gasteiger partial charge is 0.494 e. The summed E-state index contributed by atoms with van der Waals surface area (Å²) in [6.07, 6.45) is 0.797. The number of ether oxygens (including phenoxy) is 1. The molecule has 1 N–H and O–H groups in total. The van der Waals surface area contributed by atoms with E-state index in [0.717, 1.165) is 12.0 Å². The zero-order valence-corrected chi connectivity index (χ0v) is 13.8. The molecule has 0 saturated carbocycles. The molecule has 0 spiro atoms. The maximum Gasteiger partial charge on any atom is 0.275 e. The van der Waals surface area contributed by atoms with Gasteiger partial charge < -0.3 is 10.1 Å². The highest BCUT2D eigenvalue weighted by Crippen LogP contribution is 2.16. The number of benzene rings is 1. The molecule has 6 heteroatoms. The maximum atomic E-state index is 12.4. The van der Waals surface area contributed by atoms with E-state index in [4.69, 9.17) is 4.74 Å². The number of amides is 1. The van der Waals surface area contributed by atoms with E-state index < -0.39 is 0 Å². The fourth-order valence-electron chi connectivity index (χ4n) is 2.12. The van der Waals surface area contributed by atoms with Crippen LogP contribution in [0.4, 0.5) is 0 Å². The number of hydrogen-bond acceptors (Lipinski definition) is 4. The molecule has 0 saturated heterocycles. The van der Waals surface area contributed by atoms with E-state index in [9.17, 15) is 9.59 Å². The Morgan fingerprint density at radius 3 is 2.70 bits per heavy atom. The number of carbonyl (C=O) groups is 1. The molecule has 1 aromatic heterocycles. The number of rotatable bonds is 5. The summed E-state index contributed by atoms with van der Waals surface area (Å²) in [5, 5.41) is 7.07. The van der Waals surface area contributed by atoms with Gasteiger partial charge in [0.1, 0.15) is 0 Å². The predicted molar refractivity (Wildman–Crippen MR) is 88.3 cm³/mol. The number of carbonyl (C=O) groups excluding carboxylic acids is 1. The van der Waals surface area contributed by atoms with Crippen LogP contribution in [0, 0.1) is 6.92 Å². The van der Waals surface area contributed by atoms with Gasteiger partial charge in [0.05, 0.1) is 18.9 Å². The third-order valence-corrected chi connectivity index (χ3v) is 3.67.